The van der Waals surface area contributed by atoms with E-state index in [-0.39, 0.29) is 18.9 Å². The first-order chi connectivity index (χ1) is 10.6. The molecule has 4 nitrogen and oxygen atoms in total. The highest BCUT2D eigenvalue weighted by molar-refractivity contribution is 6.30. The van der Waals surface area contributed by atoms with E-state index in [4.69, 9.17) is 25.8 Å². The van der Waals surface area contributed by atoms with Crippen molar-refractivity contribution in [2.24, 2.45) is 0 Å². The fourth-order valence-electron chi connectivity index (χ4n) is 2.22. The van der Waals surface area contributed by atoms with Gasteiger partial charge in [0.1, 0.15) is 6.79 Å². The Morgan fingerprint density at radius 1 is 1.23 bits per heavy atom. The van der Waals surface area contributed by atoms with E-state index in [9.17, 15) is 4.79 Å². The summed E-state index contributed by atoms with van der Waals surface area (Å²) in [6, 6.07) is 5.70. The molecule has 0 aliphatic rings. The monoisotopic (exact) mass is 328 g/mol. The van der Waals surface area contributed by atoms with E-state index in [1.807, 2.05) is 25.1 Å². The van der Waals surface area contributed by atoms with Crippen molar-refractivity contribution in [3.63, 3.8) is 0 Å². The molecular formula is C17H25ClO4. The number of carbonyl (C=O) groups is 1. The van der Waals surface area contributed by atoms with Gasteiger partial charge in [0.25, 0.3) is 0 Å². The zero-order valence-corrected chi connectivity index (χ0v) is 14.3. The number of carbonyl (C=O) groups excluding carboxylic acids is 1. The number of benzene rings is 1. The molecule has 0 aliphatic carbocycles. The van der Waals surface area contributed by atoms with Crippen LogP contribution in [0.15, 0.2) is 18.2 Å². The summed E-state index contributed by atoms with van der Waals surface area (Å²) in [5.41, 5.74) is 2.07. The molecule has 0 unspecified atom stereocenters. The Hall–Kier alpha value is -1.10. The number of hydrogen-bond acceptors (Lipinski definition) is 4. The third-order valence-electron chi connectivity index (χ3n) is 3.28. The van der Waals surface area contributed by atoms with Crippen LogP contribution in [-0.4, -0.2) is 26.0 Å². The van der Waals surface area contributed by atoms with Crippen LogP contribution in [0.4, 0.5) is 0 Å². The van der Waals surface area contributed by atoms with Gasteiger partial charge in [-0.05, 0) is 49.9 Å². The number of esters is 1. The molecule has 0 amide bonds. The smallest absolute Gasteiger partial charge is 0.306 e. The third kappa shape index (κ3) is 6.34. The summed E-state index contributed by atoms with van der Waals surface area (Å²) in [6.45, 7) is 7.06. The quantitative estimate of drug-likeness (QED) is 0.365. The zero-order valence-electron chi connectivity index (χ0n) is 13.6. The molecule has 1 aromatic carbocycles. The van der Waals surface area contributed by atoms with Gasteiger partial charge in [0, 0.05) is 18.1 Å². The lowest BCUT2D eigenvalue weighted by atomic mass is 9.97. The lowest BCUT2D eigenvalue weighted by Gasteiger charge is -2.20. The molecule has 124 valence electrons. The van der Waals surface area contributed by atoms with E-state index in [1.165, 1.54) is 0 Å². The Morgan fingerprint density at radius 3 is 2.64 bits per heavy atom. The number of hydrogen-bond donors (Lipinski definition) is 0. The molecule has 0 radical (unpaired) electrons. The molecule has 0 saturated heterocycles. The molecule has 0 N–H and O–H groups in total. The highest BCUT2D eigenvalue weighted by Crippen LogP contribution is 2.28. The summed E-state index contributed by atoms with van der Waals surface area (Å²) in [5, 5.41) is 0.655. The predicted molar refractivity (Wildman–Crippen MR) is 87.0 cm³/mol. The molecule has 0 aromatic heterocycles. The van der Waals surface area contributed by atoms with Gasteiger partial charge in [-0.2, -0.15) is 0 Å². The lowest BCUT2D eigenvalue weighted by molar-refractivity contribution is -0.143. The van der Waals surface area contributed by atoms with E-state index in [2.05, 4.69) is 6.92 Å². The van der Waals surface area contributed by atoms with Gasteiger partial charge < -0.3 is 14.2 Å². The molecule has 0 bridgehead atoms. The average Bonchev–Trinajstić information content (AvgIpc) is 2.51. The molecule has 1 aromatic rings. The van der Waals surface area contributed by atoms with Crippen LogP contribution in [0.3, 0.4) is 0 Å². The van der Waals surface area contributed by atoms with Crippen molar-refractivity contribution in [2.75, 3.05) is 20.0 Å². The molecule has 0 spiro atoms. The summed E-state index contributed by atoms with van der Waals surface area (Å²) in [5.74, 6) is -0.197. The van der Waals surface area contributed by atoms with Crippen LogP contribution in [0, 0.1) is 0 Å². The maximum Gasteiger partial charge on any atom is 0.306 e. The SMILES string of the molecule is CCOCO[C@H](CC)c1ccc(Cl)cc1CCC(=O)OCC. The fraction of sp³-hybridized carbons (Fsp3) is 0.588. The van der Waals surface area contributed by atoms with E-state index in [0.29, 0.717) is 31.1 Å². The topological polar surface area (TPSA) is 44.8 Å². The molecule has 0 aliphatic heterocycles. The van der Waals surface area contributed by atoms with Crippen LogP contribution in [-0.2, 0) is 25.4 Å². The molecule has 0 saturated carbocycles. The van der Waals surface area contributed by atoms with E-state index in [0.717, 1.165) is 17.5 Å². The van der Waals surface area contributed by atoms with Gasteiger partial charge in [0.15, 0.2) is 0 Å². The summed E-state index contributed by atoms with van der Waals surface area (Å²) in [6.07, 6.45) is 1.67. The number of aryl methyl sites for hydroxylation is 1. The summed E-state index contributed by atoms with van der Waals surface area (Å²) >= 11 is 6.09. The van der Waals surface area contributed by atoms with Crippen molar-refractivity contribution in [2.45, 2.75) is 46.1 Å². The summed E-state index contributed by atoms with van der Waals surface area (Å²) in [7, 11) is 0. The molecule has 0 heterocycles. The Kier molecular flexibility index (Phi) is 9.13. The van der Waals surface area contributed by atoms with Crippen LogP contribution < -0.4 is 0 Å². The van der Waals surface area contributed by atoms with Gasteiger partial charge >= 0.3 is 5.97 Å². The van der Waals surface area contributed by atoms with Crippen molar-refractivity contribution >= 4 is 17.6 Å². The first-order valence-corrected chi connectivity index (χ1v) is 8.13. The third-order valence-corrected chi connectivity index (χ3v) is 3.52. The maximum absolute atomic E-state index is 11.6. The second kappa shape index (κ2) is 10.6. The fourth-order valence-corrected chi connectivity index (χ4v) is 2.41. The normalized spacial score (nSPS) is 12.2. The van der Waals surface area contributed by atoms with E-state index < -0.39 is 0 Å². The van der Waals surface area contributed by atoms with E-state index >= 15 is 0 Å². The van der Waals surface area contributed by atoms with Crippen LogP contribution in [0.5, 0.6) is 0 Å². The van der Waals surface area contributed by atoms with Gasteiger partial charge in [-0.3, -0.25) is 4.79 Å². The molecule has 5 heteroatoms. The minimum atomic E-state index is -0.197. The Morgan fingerprint density at radius 2 is 2.00 bits per heavy atom. The highest BCUT2D eigenvalue weighted by atomic mass is 35.5. The number of ether oxygens (including phenoxy) is 3. The van der Waals surface area contributed by atoms with Crippen molar-refractivity contribution in [1.82, 2.24) is 0 Å². The lowest BCUT2D eigenvalue weighted by Crippen LogP contribution is -2.11. The van der Waals surface area contributed by atoms with Crippen molar-refractivity contribution in [3.05, 3.63) is 34.3 Å². The minimum absolute atomic E-state index is 0.0685. The van der Waals surface area contributed by atoms with Crippen LogP contribution in [0.25, 0.3) is 0 Å². The number of rotatable bonds is 10. The molecule has 0 fully saturated rings. The van der Waals surface area contributed by atoms with Crippen LogP contribution in [0.1, 0.15) is 50.8 Å². The van der Waals surface area contributed by atoms with Gasteiger partial charge in [0.05, 0.1) is 12.7 Å². The maximum atomic E-state index is 11.6. The largest absolute Gasteiger partial charge is 0.466 e. The molecule has 1 atom stereocenters. The Labute approximate surface area is 137 Å². The second-order valence-corrected chi connectivity index (χ2v) is 5.26. The summed E-state index contributed by atoms with van der Waals surface area (Å²) < 4.78 is 16.0. The molecule has 1 rings (SSSR count). The molecular weight excluding hydrogens is 304 g/mol. The van der Waals surface area contributed by atoms with Crippen molar-refractivity contribution in [1.29, 1.82) is 0 Å². The van der Waals surface area contributed by atoms with Gasteiger partial charge in [-0.1, -0.05) is 24.6 Å². The minimum Gasteiger partial charge on any atom is -0.466 e. The van der Waals surface area contributed by atoms with Gasteiger partial charge in [0.2, 0.25) is 0 Å². The highest BCUT2D eigenvalue weighted by Gasteiger charge is 2.16. The first kappa shape index (κ1) is 18.9. The van der Waals surface area contributed by atoms with E-state index in [1.54, 1.807) is 6.92 Å². The molecule has 22 heavy (non-hydrogen) atoms. The van der Waals surface area contributed by atoms with Gasteiger partial charge in [-0.25, -0.2) is 0 Å². The van der Waals surface area contributed by atoms with Crippen molar-refractivity contribution in [3.8, 4) is 0 Å². The first-order valence-electron chi connectivity index (χ1n) is 7.75. The Bertz CT molecular complexity index is 462. The zero-order chi connectivity index (χ0) is 16.4. The van der Waals surface area contributed by atoms with Gasteiger partial charge in [-0.15, -0.1) is 0 Å². The second-order valence-electron chi connectivity index (χ2n) is 4.82. The standard InChI is InChI=1S/C17H25ClO4/c1-4-16(22-12-20-5-2)15-9-8-14(18)11-13(15)7-10-17(19)21-6-3/h8-9,11,16H,4-7,10,12H2,1-3H3/t16-/m1/s1. The summed E-state index contributed by atoms with van der Waals surface area (Å²) in [4.78, 5) is 11.6. The Balaban J connectivity index is 2.81. The average molecular weight is 329 g/mol. The van der Waals surface area contributed by atoms with Crippen LogP contribution in [0.2, 0.25) is 5.02 Å². The predicted octanol–water partition coefficient (Wildman–Crippen LogP) is 4.30. The van der Waals surface area contributed by atoms with Crippen molar-refractivity contribution < 1.29 is 19.0 Å². The number of halogens is 1. The van der Waals surface area contributed by atoms with Crippen LogP contribution >= 0.6 is 11.6 Å².